The maximum absolute atomic E-state index is 13.7. The van der Waals surface area contributed by atoms with Gasteiger partial charge in [0.05, 0.1) is 0 Å². The minimum atomic E-state index is -0.324. The van der Waals surface area contributed by atoms with Crippen LogP contribution in [0.5, 0.6) is 0 Å². The third-order valence-corrected chi connectivity index (χ3v) is 4.50. The fourth-order valence-electron chi connectivity index (χ4n) is 2.83. The number of benzene rings is 1. The van der Waals surface area contributed by atoms with Gasteiger partial charge in [-0.1, -0.05) is 25.1 Å². The van der Waals surface area contributed by atoms with E-state index in [1.165, 1.54) is 17.9 Å². The Hall–Kier alpha value is -1.91. The molecule has 1 aliphatic rings. The molecule has 4 nitrogen and oxygen atoms in total. The molecule has 0 radical (unpaired) electrons. The van der Waals surface area contributed by atoms with E-state index in [0.29, 0.717) is 24.4 Å². The monoisotopic (exact) mass is 320 g/mol. The Bertz CT molecular complexity index is 554. The van der Waals surface area contributed by atoms with Gasteiger partial charge >= 0.3 is 0 Å². The molecule has 1 aliphatic heterocycles. The van der Waals surface area contributed by atoms with E-state index >= 15 is 0 Å². The van der Waals surface area contributed by atoms with Crippen molar-refractivity contribution in [1.29, 1.82) is 0 Å². The molecule has 5 heteroatoms. The molecule has 2 rings (SSSR count). The highest BCUT2D eigenvalue weighted by molar-refractivity contribution is 5.78. The quantitative estimate of drug-likeness (QED) is 0.837. The van der Waals surface area contributed by atoms with E-state index in [4.69, 9.17) is 0 Å². The van der Waals surface area contributed by atoms with Gasteiger partial charge in [0.15, 0.2) is 0 Å². The molecule has 0 bridgehead atoms. The Morgan fingerprint density at radius 2 is 1.91 bits per heavy atom. The zero-order chi connectivity index (χ0) is 16.8. The summed E-state index contributed by atoms with van der Waals surface area (Å²) in [5.74, 6) is 0.286. The normalized spacial score (nSPS) is 15.5. The summed E-state index contributed by atoms with van der Waals surface area (Å²) in [7, 11) is 0. The number of carbonyl (C=O) groups is 2. The molecule has 0 aromatic heterocycles. The highest BCUT2D eigenvalue weighted by atomic mass is 19.1. The highest BCUT2D eigenvalue weighted by Crippen LogP contribution is 2.17. The predicted octanol–water partition coefficient (Wildman–Crippen LogP) is 2.82. The van der Waals surface area contributed by atoms with Gasteiger partial charge in [0.25, 0.3) is 0 Å². The van der Waals surface area contributed by atoms with E-state index in [1.807, 2.05) is 4.90 Å². The van der Waals surface area contributed by atoms with Crippen LogP contribution in [-0.4, -0.2) is 41.2 Å². The lowest BCUT2D eigenvalue weighted by Gasteiger charge is -2.31. The summed E-state index contributed by atoms with van der Waals surface area (Å²) in [6, 6.07) is 6.42. The molecule has 0 saturated carbocycles. The zero-order valence-electron chi connectivity index (χ0n) is 13.9. The van der Waals surface area contributed by atoms with Crippen LogP contribution < -0.4 is 0 Å². The van der Waals surface area contributed by atoms with Gasteiger partial charge in [-0.2, -0.15) is 0 Å². The minimum absolute atomic E-state index is 0.0803. The van der Waals surface area contributed by atoms with Crippen molar-refractivity contribution < 1.29 is 14.0 Å². The van der Waals surface area contributed by atoms with Crippen LogP contribution in [0.2, 0.25) is 0 Å². The predicted molar refractivity (Wildman–Crippen MR) is 87.1 cm³/mol. The first-order valence-corrected chi connectivity index (χ1v) is 8.24. The lowest BCUT2D eigenvalue weighted by molar-refractivity contribution is -0.134. The number of rotatable bonds is 5. The van der Waals surface area contributed by atoms with Crippen LogP contribution in [0.1, 0.15) is 38.7 Å². The van der Waals surface area contributed by atoms with Gasteiger partial charge < -0.3 is 9.80 Å². The molecule has 1 saturated heterocycles. The highest BCUT2D eigenvalue weighted by Gasteiger charge is 2.21. The topological polar surface area (TPSA) is 40.6 Å². The van der Waals surface area contributed by atoms with E-state index in [0.717, 1.165) is 25.9 Å². The fourth-order valence-corrected chi connectivity index (χ4v) is 2.83. The van der Waals surface area contributed by atoms with Crippen LogP contribution >= 0.6 is 0 Å². The number of nitrogens with zero attached hydrogens (tertiary/aromatic N) is 2. The molecule has 1 fully saturated rings. The summed E-state index contributed by atoms with van der Waals surface area (Å²) in [4.78, 5) is 27.4. The zero-order valence-corrected chi connectivity index (χ0v) is 13.9. The Morgan fingerprint density at radius 1 is 1.26 bits per heavy atom. The number of hydrogen-bond donors (Lipinski definition) is 0. The molecule has 2 amide bonds. The molecular formula is C18H25FN2O2. The van der Waals surface area contributed by atoms with Gasteiger partial charge in [-0.05, 0) is 24.8 Å². The summed E-state index contributed by atoms with van der Waals surface area (Å²) < 4.78 is 13.7. The summed E-state index contributed by atoms with van der Waals surface area (Å²) >= 11 is 0. The van der Waals surface area contributed by atoms with Gasteiger partial charge in [-0.15, -0.1) is 0 Å². The maximum atomic E-state index is 13.7. The maximum Gasteiger partial charge on any atom is 0.224 e. The molecule has 1 aromatic carbocycles. The van der Waals surface area contributed by atoms with E-state index in [1.54, 1.807) is 18.2 Å². The summed E-state index contributed by atoms with van der Waals surface area (Å²) in [6.07, 6.45) is 2.37. The molecule has 23 heavy (non-hydrogen) atoms. The molecular weight excluding hydrogens is 295 g/mol. The van der Waals surface area contributed by atoms with E-state index in [-0.39, 0.29) is 24.2 Å². The largest absolute Gasteiger partial charge is 0.343 e. The number of halogens is 1. The Balaban J connectivity index is 1.89. The number of likely N-dealkylation sites (tertiary alicyclic amines) is 1. The van der Waals surface area contributed by atoms with Crippen molar-refractivity contribution in [1.82, 2.24) is 9.80 Å². The first kappa shape index (κ1) is 17.4. The lowest BCUT2D eigenvalue weighted by atomic mass is 9.99. The fraction of sp³-hybridized carbons (Fsp3) is 0.556. The standard InChI is InChI=1S/C18H25FN2O2/c1-14-7-10-20(11-8-14)18(23)9-12-21(15(2)22)13-16-5-3-4-6-17(16)19/h3-6,14H,7-13H2,1-2H3. The van der Waals surface area contributed by atoms with E-state index in [9.17, 15) is 14.0 Å². The van der Waals surface area contributed by atoms with Crippen LogP contribution in [-0.2, 0) is 16.1 Å². The minimum Gasteiger partial charge on any atom is -0.343 e. The van der Waals surface area contributed by atoms with Crippen molar-refractivity contribution in [2.24, 2.45) is 5.92 Å². The van der Waals surface area contributed by atoms with Crippen molar-refractivity contribution in [2.75, 3.05) is 19.6 Å². The number of hydrogen-bond acceptors (Lipinski definition) is 2. The third kappa shape index (κ3) is 5.05. The third-order valence-electron chi connectivity index (χ3n) is 4.50. The van der Waals surface area contributed by atoms with Gasteiger partial charge in [0.1, 0.15) is 5.82 Å². The molecule has 0 aliphatic carbocycles. The summed E-state index contributed by atoms with van der Waals surface area (Å²) in [6.45, 7) is 5.78. The number of piperidine rings is 1. The molecule has 1 heterocycles. The Kier molecular flexibility index (Phi) is 6.13. The molecule has 0 atom stereocenters. The lowest BCUT2D eigenvalue weighted by Crippen LogP contribution is -2.40. The van der Waals surface area contributed by atoms with Crippen molar-refractivity contribution >= 4 is 11.8 Å². The van der Waals surface area contributed by atoms with Gasteiger partial charge in [0.2, 0.25) is 11.8 Å². The van der Waals surface area contributed by atoms with E-state index < -0.39 is 0 Å². The Morgan fingerprint density at radius 3 is 2.52 bits per heavy atom. The van der Waals surface area contributed by atoms with Crippen LogP contribution in [0.3, 0.4) is 0 Å². The second-order valence-electron chi connectivity index (χ2n) is 6.35. The molecule has 126 valence electrons. The van der Waals surface area contributed by atoms with Gasteiger partial charge in [0, 0.05) is 45.1 Å². The van der Waals surface area contributed by atoms with Gasteiger partial charge in [-0.3, -0.25) is 9.59 Å². The first-order valence-electron chi connectivity index (χ1n) is 8.24. The SMILES string of the molecule is CC(=O)N(CCC(=O)N1CCC(C)CC1)Cc1ccccc1F. The van der Waals surface area contributed by atoms with Crippen LogP contribution in [0.4, 0.5) is 4.39 Å². The molecule has 1 aromatic rings. The Labute approximate surface area is 137 Å². The average Bonchev–Trinajstić information content (AvgIpc) is 2.53. The van der Waals surface area contributed by atoms with Crippen molar-refractivity contribution in [3.8, 4) is 0 Å². The molecule has 0 unspecified atom stereocenters. The molecule has 0 N–H and O–H groups in total. The summed E-state index contributed by atoms with van der Waals surface area (Å²) in [5, 5.41) is 0. The van der Waals surface area contributed by atoms with Crippen LogP contribution in [0.15, 0.2) is 24.3 Å². The van der Waals surface area contributed by atoms with Crippen molar-refractivity contribution in [2.45, 2.75) is 39.7 Å². The second-order valence-corrected chi connectivity index (χ2v) is 6.35. The van der Waals surface area contributed by atoms with Crippen LogP contribution in [0, 0.1) is 11.7 Å². The second kappa shape index (κ2) is 8.09. The van der Waals surface area contributed by atoms with Gasteiger partial charge in [-0.25, -0.2) is 4.39 Å². The van der Waals surface area contributed by atoms with E-state index in [2.05, 4.69) is 6.92 Å². The van der Waals surface area contributed by atoms with Crippen molar-refractivity contribution in [3.63, 3.8) is 0 Å². The van der Waals surface area contributed by atoms with Crippen molar-refractivity contribution in [3.05, 3.63) is 35.6 Å². The number of carbonyl (C=O) groups excluding carboxylic acids is 2. The summed E-state index contributed by atoms with van der Waals surface area (Å²) in [5.41, 5.74) is 0.474. The molecule has 0 spiro atoms. The number of amides is 2. The first-order chi connectivity index (χ1) is 11.0. The smallest absolute Gasteiger partial charge is 0.224 e. The van der Waals surface area contributed by atoms with Crippen LogP contribution in [0.25, 0.3) is 0 Å². The average molecular weight is 320 g/mol.